The normalized spacial score (nSPS) is 10.2. The van der Waals surface area contributed by atoms with E-state index in [9.17, 15) is 4.79 Å². The standard InChI is InChI=1S/C14H20BrNO2/c1-4-5-6-18-13(17)9-16-14-10(2)7-12(15)8-11(14)3/h7-8,16H,4-6,9H2,1-3H3. The zero-order valence-electron chi connectivity index (χ0n) is 11.2. The number of aryl methyl sites for hydroxylation is 2. The number of anilines is 1. The number of ether oxygens (including phenoxy) is 1. The molecule has 1 aromatic carbocycles. The first-order valence-corrected chi connectivity index (χ1v) is 7.00. The fraction of sp³-hybridized carbons (Fsp3) is 0.500. The number of unbranched alkanes of at least 4 members (excludes halogenated alkanes) is 1. The summed E-state index contributed by atoms with van der Waals surface area (Å²) in [5.41, 5.74) is 3.23. The third kappa shape index (κ3) is 4.69. The second-order valence-electron chi connectivity index (χ2n) is 4.34. The summed E-state index contributed by atoms with van der Waals surface area (Å²) in [5, 5.41) is 3.14. The zero-order chi connectivity index (χ0) is 13.5. The molecule has 3 nitrogen and oxygen atoms in total. The summed E-state index contributed by atoms with van der Waals surface area (Å²) in [5.74, 6) is -0.204. The number of carbonyl (C=O) groups excluding carboxylic acids is 1. The summed E-state index contributed by atoms with van der Waals surface area (Å²) >= 11 is 3.45. The maximum absolute atomic E-state index is 11.5. The maximum atomic E-state index is 11.5. The van der Waals surface area contributed by atoms with Gasteiger partial charge in [-0.15, -0.1) is 0 Å². The Morgan fingerprint density at radius 1 is 1.33 bits per heavy atom. The molecule has 0 bridgehead atoms. The van der Waals surface area contributed by atoms with Crippen LogP contribution in [0.3, 0.4) is 0 Å². The molecule has 0 fully saturated rings. The molecule has 18 heavy (non-hydrogen) atoms. The molecule has 1 rings (SSSR count). The summed E-state index contributed by atoms with van der Waals surface area (Å²) < 4.78 is 6.15. The highest BCUT2D eigenvalue weighted by Gasteiger charge is 2.07. The molecule has 0 saturated heterocycles. The van der Waals surface area contributed by atoms with Crippen molar-refractivity contribution in [3.63, 3.8) is 0 Å². The smallest absolute Gasteiger partial charge is 0.325 e. The summed E-state index contributed by atoms with van der Waals surface area (Å²) in [4.78, 5) is 11.5. The Hall–Kier alpha value is -1.03. The Balaban J connectivity index is 2.51. The van der Waals surface area contributed by atoms with Crippen molar-refractivity contribution in [2.24, 2.45) is 0 Å². The Labute approximate surface area is 117 Å². The molecule has 1 aromatic rings. The Kier molecular flexibility index (Phi) is 6.19. The first-order chi connectivity index (χ1) is 8.54. The minimum absolute atomic E-state index is 0.204. The quantitative estimate of drug-likeness (QED) is 0.641. The third-order valence-electron chi connectivity index (χ3n) is 2.67. The van der Waals surface area contributed by atoms with Gasteiger partial charge in [-0.3, -0.25) is 4.79 Å². The second-order valence-corrected chi connectivity index (χ2v) is 5.26. The molecule has 0 aliphatic carbocycles. The Morgan fingerprint density at radius 2 is 1.94 bits per heavy atom. The first kappa shape index (κ1) is 15.0. The fourth-order valence-electron chi connectivity index (χ4n) is 1.73. The van der Waals surface area contributed by atoms with Crippen molar-refractivity contribution in [1.82, 2.24) is 0 Å². The van der Waals surface area contributed by atoms with Crippen molar-refractivity contribution < 1.29 is 9.53 Å². The molecule has 0 aromatic heterocycles. The summed E-state index contributed by atoms with van der Waals surface area (Å²) in [6.45, 7) is 6.83. The zero-order valence-corrected chi connectivity index (χ0v) is 12.8. The first-order valence-electron chi connectivity index (χ1n) is 6.20. The molecule has 4 heteroatoms. The number of benzene rings is 1. The van der Waals surface area contributed by atoms with Crippen LogP contribution in [0.1, 0.15) is 30.9 Å². The number of hydrogen-bond acceptors (Lipinski definition) is 3. The van der Waals surface area contributed by atoms with Crippen LogP contribution in [0.25, 0.3) is 0 Å². The van der Waals surface area contributed by atoms with E-state index in [4.69, 9.17) is 4.74 Å². The van der Waals surface area contributed by atoms with Crippen molar-refractivity contribution in [3.05, 3.63) is 27.7 Å². The SMILES string of the molecule is CCCCOC(=O)CNc1c(C)cc(Br)cc1C. The monoisotopic (exact) mass is 313 g/mol. The van der Waals surface area contributed by atoms with E-state index in [0.29, 0.717) is 6.61 Å². The van der Waals surface area contributed by atoms with E-state index in [1.165, 1.54) is 0 Å². The van der Waals surface area contributed by atoms with E-state index >= 15 is 0 Å². The fourth-order valence-corrected chi connectivity index (χ4v) is 2.42. The van der Waals surface area contributed by atoms with E-state index in [-0.39, 0.29) is 12.5 Å². The van der Waals surface area contributed by atoms with Gasteiger partial charge in [-0.1, -0.05) is 29.3 Å². The second kappa shape index (κ2) is 7.41. The Morgan fingerprint density at radius 3 is 2.50 bits per heavy atom. The van der Waals surface area contributed by atoms with E-state index < -0.39 is 0 Å². The molecule has 100 valence electrons. The van der Waals surface area contributed by atoms with Gasteiger partial charge in [-0.2, -0.15) is 0 Å². The van der Waals surface area contributed by atoms with Crippen LogP contribution in [0.2, 0.25) is 0 Å². The van der Waals surface area contributed by atoms with E-state index in [1.807, 2.05) is 26.0 Å². The average molecular weight is 314 g/mol. The van der Waals surface area contributed by atoms with Gasteiger partial charge in [0.05, 0.1) is 6.61 Å². The number of hydrogen-bond donors (Lipinski definition) is 1. The topological polar surface area (TPSA) is 38.3 Å². The van der Waals surface area contributed by atoms with E-state index in [0.717, 1.165) is 34.1 Å². The van der Waals surface area contributed by atoms with Crippen molar-refractivity contribution in [2.75, 3.05) is 18.5 Å². The van der Waals surface area contributed by atoms with Gasteiger partial charge in [0, 0.05) is 10.2 Å². The summed E-state index contributed by atoms with van der Waals surface area (Å²) in [6, 6.07) is 4.05. The number of halogens is 1. The molecular weight excluding hydrogens is 294 g/mol. The van der Waals surface area contributed by atoms with Crippen LogP contribution in [0.5, 0.6) is 0 Å². The highest BCUT2D eigenvalue weighted by atomic mass is 79.9. The average Bonchev–Trinajstić information content (AvgIpc) is 2.27. The predicted molar refractivity (Wildman–Crippen MR) is 78.0 cm³/mol. The maximum Gasteiger partial charge on any atom is 0.325 e. The van der Waals surface area contributed by atoms with Crippen LogP contribution in [0, 0.1) is 13.8 Å². The summed E-state index contributed by atoms with van der Waals surface area (Å²) in [6.07, 6.45) is 1.95. The van der Waals surface area contributed by atoms with Crippen molar-refractivity contribution in [1.29, 1.82) is 0 Å². The lowest BCUT2D eigenvalue weighted by atomic mass is 10.1. The molecule has 1 N–H and O–H groups in total. The minimum Gasteiger partial charge on any atom is -0.464 e. The largest absolute Gasteiger partial charge is 0.464 e. The van der Waals surface area contributed by atoms with Gasteiger partial charge in [0.25, 0.3) is 0 Å². The van der Waals surface area contributed by atoms with Gasteiger partial charge in [0.15, 0.2) is 0 Å². The minimum atomic E-state index is -0.204. The molecule has 0 atom stereocenters. The van der Waals surface area contributed by atoms with Crippen molar-refractivity contribution in [3.8, 4) is 0 Å². The lowest BCUT2D eigenvalue weighted by Gasteiger charge is -2.13. The highest BCUT2D eigenvalue weighted by Crippen LogP contribution is 2.24. The molecule has 0 radical (unpaired) electrons. The summed E-state index contributed by atoms with van der Waals surface area (Å²) in [7, 11) is 0. The molecule has 0 heterocycles. The van der Waals surface area contributed by atoms with Gasteiger partial charge < -0.3 is 10.1 Å². The van der Waals surface area contributed by atoms with Crippen LogP contribution in [-0.4, -0.2) is 19.1 Å². The Bertz CT molecular complexity index is 395. The van der Waals surface area contributed by atoms with Crippen LogP contribution in [0.4, 0.5) is 5.69 Å². The van der Waals surface area contributed by atoms with E-state index in [1.54, 1.807) is 0 Å². The predicted octanol–water partition coefficient (Wildman–Crippen LogP) is 3.82. The van der Waals surface area contributed by atoms with Crippen LogP contribution >= 0.6 is 15.9 Å². The van der Waals surface area contributed by atoms with Crippen LogP contribution < -0.4 is 5.32 Å². The lowest BCUT2D eigenvalue weighted by Crippen LogP contribution is -2.18. The molecular formula is C14H20BrNO2. The van der Waals surface area contributed by atoms with Gasteiger partial charge in [0.1, 0.15) is 6.54 Å². The van der Waals surface area contributed by atoms with Crippen molar-refractivity contribution >= 4 is 27.6 Å². The van der Waals surface area contributed by atoms with Crippen LogP contribution in [0.15, 0.2) is 16.6 Å². The third-order valence-corrected chi connectivity index (χ3v) is 3.13. The molecule has 0 saturated carbocycles. The van der Waals surface area contributed by atoms with E-state index in [2.05, 4.69) is 28.2 Å². The molecule has 0 spiro atoms. The number of carbonyl (C=O) groups is 1. The molecule has 0 aliphatic rings. The van der Waals surface area contributed by atoms with Gasteiger partial charge >= 0.3 is 5.97 Å². The molecule has 0 unspecified atom stereocenters. The molecule has 0 aliphatic heterocycles. The lowest BCUT2D eigenvalue weighted by molar-refractivity contribution is -0.141. The van der Waals surface area contributed by atoms with Crippen molar-refractivity contribution in [2.45, 2.75) is 33.6 Å². The number of nitrogens with one attached hydrogen (secondary N) is 1. The van der Waals surface area contributed by atoms with Gasteiger partial charge in [-0.25, -0.2) is 0 Å². The molecule has 0 amide bonds. The number of esters is 1. The highest BCUT2D eigenvalue weighted by molar-refractivity contribution is 9.10. The van der Waals surface area contributed by atoms with Crippen LogP contribution in [-0.2, 0) is 9.53 Å². The van der Waals surface area contributed by atoms with Gasteiger partial charge in [0.2, 0.25) is 0 Å². The number of rotatable bonds is 6. The van der Waals surface area contributed by atoms with Gasteiger partial charge in [-0.05, 0) is 43.5 Å².